The lowest BCUT2D eigenvalue weighted by atomic mass is 9.94. The number of anilines is 1. The summed E-state index contributed by atoms with van der Waals surface area (Å²) in [6, 6.07) is 5.36. The normalized spacial score (nSPS) is 16.6. The maximum absolute atomic E-state index is 11.2. The van der Waals surface area contributed by atoms with Crippen LogP contribution in [0, 0.1) is 5.92 Å². The highest BCUT2D eigenvalue weighted by Gasteiger charge is 2.20. The van der Waals surface area contributed by atoms with E-state index in [4.69, 9.17) is 5.11 Å². The molecular weight excluding hydrogens is 246 g/mol. The minimum atomic E-state index is -0.858. The first-order chi connectivity index (χ1) is 8.95. The van der Waals surface area contributed by atoms with Crippen molar-refractivity contribution in [2.24, 2.45) is 5.92 Å². The van der Waals surface area contributed by atoms with Crippen LogP contribution < -0.4 is 5.32 Å². The summed E-state index contributed by atoms with van der Waals surface area (Å²) < 4.78 is 0. The number of rotatable bonds is 5. The van der Waals surface area contributed by atoms with Gasteiger partial charge >= 0.3 is 5.97 Å². The molecule has 5 nitrogen and oxygen atoms in total. The zero-order chi connectivity index (χ0) is 14.0. The van der Waals surface area contributed by atoms with Crippen LogP contribution >= 0.6 is 0 Å². The summed E-state index contributed by atoms with van der Waals surface area (Å²) >= 11 is 0. The van der Waals surface area contributed by atoms with Crippen LogP contribution in [0.4, 0.5) is 5.69 Å². The number of aliphatic hydroxyl groups excluding tert-OH is 1. The Balaban J connectivity index is 2.04. The lowest BCUT2D eigenvalue weighted by Crippen LogP contribution is -2.09. The molecule has 0 spiro atoms. The summed E-state index contributed by atoms with van der Waals surface area (Å²) in [6.07, 6.45) is 0.0741. The van der Waals surface area contributed by atoms with Crippen molar-refractivity contribution in [3.63, 3.8) is 0 Å². The molecule has 0 bridgehead atoms. The van der Waals surface area contributed by atoms with Crippen molar-refractivity contribution in [3.8, 4) is 0 Å². The van der Waals surface area contributed by atoms with Crippen LogP contribution in [0.1, 0.15) is 37.0 Å². The van der Waals surface area contributed by atoms with Crippen molar-refractivity contribution in [1.82, 2.24) is 0 Å². The van der Waals surface area contributed by atoms with Gasteiger partial charge in [-0.3, -0.25) is 9.59 Å². The number of carboxylic acids is 1. The molecule has 0 aliphatic carbocycles. The SMILES string of the molecule is CC(CC(=O)O)CC(O)c1ccc2c(c1)CC(=O)N2. The highest BCUT2D eigenvalue weighted by atomic mass is 16.4. The van der Waals surface area contributed by atoms with Crippen molar-refractivity contribution >= 4 is 17.6 Å². The molecule has 0 radical (unpaired) electrons. The average Bonchev–Trinajstić information content (AvgIpc) is 2.66. The third-order valence-corrected chi connectivity index (χ3v) is 3.29. The third-order valence-electron chi connectivity index (χ3n) is 3.29. The molecule has 0 saturated carbocycles. The number of amides is 1. The average molecular weight is 263 g/mol. The van der Waals surface area contributed by atoms with E-state index in [2.05, 4.69) is 5.32 Å². The number of carboxylic acid groups (broad SMARTS) is 1. The number of aliphatic hydroxyl groups is 1. The molecule has 0 saturated heterocycles. The summed E-state index contributed by atoms with van der Waals surface area (Å²) in [7, 11) is 0. The second kappa shape index (κ2) is 5.40. The zero-order valence-electron chi connectivity index (χ0n) is 10.7. The van der Waals surface area contributed by atoms with E-state index >= 15 is 0 Å². The van der Waals surface area contributed by atoms with Gasteiger partial charge in [-0.1, -0.05) is 19.1 Å². The Bertz CT molecular complexity index is 512. The van der Waals surface area contributed by atoms with Gasteiger partial charge in [-0.15, -0.1) is 0 Å². The van der Waals surface area contributed by atoms with Crippen molar-refractivity contribution in [2.75, 3.05) is 5.32 Å². The Morgan fingerprint density at radius 3 is 2.89 bits per heavy atom. The van der Waals surface area contributed by atoms with Crippen molar-refractivity contribution < 1.29 is 19.8 Å². The Morgan fingerprint density at radius 2 is 2.21 bits per heavy atom. The monoisotopic (exact) mass is 263 g/mol. The second-order valence-electron chi connectivity index (χ2n) is 5.10. The van der Waals surface area contributed by atoms with Gasteiger partial charge in [0.1, 0.15) is 0 Å². The van der Waals surface area contributed by atoms with E-state index in [1.807, 2.05) is 6.07 Å². The smallest absolute Gasteiger partial charge is 0.303 e. The standard InChI is InChI=1S/C14H17NO4/c1-8(5-14(18)19)4-12(16)9-2-3-11-10(6-9)7-13(17)15-11/h2-3,6,8,12,16H,4-5,7H2,1H3,(H,15,17)(H,18,19). The molecule has 2 unspecified atom stereocenters. The maximum atomic E-state index is 11.2. The van der Waals surface area contributed by atoms with Crippen LogP contribution in [-0.2, 0) is 16.0 Å². The van der Waals surface area contributed by atoms with Crippen molar-refractivity contribution in [2.45, 2.75) is 32.3 Å². The first-order valence-corrected chi connectivity index (χ1v) is 6.28. The molecule has 102 valence electrons. The first-order valence-electron chi connectivity index (χ1n) is 6.28. The highest BCUT2D eigenvalue weighted by Crippen LogP contribution is 2.29. The number of nitrogens with one attached hydrogen (secondary N) is 1. The molecule has 0 aromatic heterocycles. The zero-order valence-corrected chi connectivity index (χ0v) is 10.7. The van der Waals surface area contributed by atoms with E-state index in [1.54, 1.807) is 19.1 Å². The summed E-state index contributed by atoms with van der Waals surface area (Å²) in [5.41, 5.74) is 2.40. The van der Waals surface area contributed by atoms with Gasteiger partial charge in [-0.2, -0.15) is 0 Å². The highest BCUT2D eigenvalue weighted by molar-refractivity contribution is 5.99. The van der Waals surface area contributed by atoms with Crippen LogP contribution in [0.15, 0.2) is 18.2 Å². The molecule has 1 heterocycles. The van der Waals surface area contributed by atoms with Gasteiger partial charge in [-0.05, 0) is 29.5 Å². The van der Waals surface area contributed by atoms with Gasteiger partial charge < -0.3 is 15.5 Å². The molecule has 3 N–H and O–H groups in total. The summed E-state index contributed by atoms with van der Waals surface area (Å²) in [4.78, 5) is 21.8. The quantitative estimate of drug-likeness (QED) is 0.754. The molecule has 1 aliphatic heterocycles. The number of benzene rings is 1. The van der Waals surface area contributed by atoms with Crippen LogP contribution in [0.5, 0.6) is 0 Å². The van der Waals surface area contributed by atoms with Gasteiger partial charge in [0, 0.05) is 12.1 Å². The fourth-order valence-electron chi connectivity index (χ4n) is 2.36. The fraction of sp³-hybridized carbons (Fsp3) is 0.429. The Hall–Kier alpha value is -1.88. The van der Waals surface area contributed by atoms with Crippen molar-refractivity contribution in [3.05, 3.63) is 29.3 Å². The van der Waals surface area contributed by atoms with E-state index in [1.165, 1.54) is 0 Å². The largest absolute Gasteiger partial charge is 0.481 e. The predicted octanol–water partition coefficient (Wildman–Crippen LogP) is 1.72. The molecule has 1 aliphatic rings. The summed E-state index contributed by atoms with van der Waals surface area (Å²) in [5.74, 6) is -0.996. The topological polar surface area (TPSA) is 86.6 Å². The molecule has 0 fully saturated rings. The minimum Gasteiger partial charge on any atom is -0.481 e. The molecule has 2 rings (SSSR count). The Labute approximate surface area is 111 Å². The lowest BCUT2D eigenvalue weighted by molar-refractivity contribution is -0.138. The van der Waals surface area contributed by atoms with Crippen LogP contribution in [0.25, 0.3) is 0 Å². The van der Waals surface area contributed by atoms with E-state index in [9.17, 15) is 14.7 Å². The van der Waals surface area contributed by atoms with Gasteiger partial charge in [0.25, 0.3) is 0 Å². The number of carbonyl (C=O) groups excluding carboxylic acids is 1. The Kier molecular flexibility index (Phi) is 3.85. The van der Waals surface area contributed by atoms with Crippen LogP contribution in [0.3, 0.4) is 0 Å². The molecular formula is C14H17NO4. The molecule has 19 heavy (non-hydrogen) atoms. The third kappa shape index (κ3) is 3.32. The van der Waals surface area contributed by atoms with E-state index in [0.29, 0.717) is 12.8 Å². The van der Waals surface area contributed by atoms with Gasteiger partial charge in [0.05, 0.1) is 12.5 Å². The maximum Gasteiger partial charge on any atom is 0.303 e. The van der Waals surface area contributed by atoms with Gasteiger partial charge in [0.15, 0.2) is 0 Å². The lowest BCUT2D eigenvalue weighted by Gasteiger charge is -2.16. The molecule has 1 aromatic rings. The molecule has 5 heteroatoms. The predicted molar refractivity (Wildman–Crippen MR) is 69.8 cm³/mol. The summed E-state index contributed by atoms with van der Waals surface area (Å²) in [6.45, 7) is 1.80. The first kappa shape index (κ1) is 13.5. The van der Waals surface area contributed by atoms with Crippen LogP contribution in [-0.4, -0.2) is 22.1 Å². The molecule has 2 atom stereocenters. The fourth-order valence-corrected chi connectivity index (χ4v) is 2.36. The number of carbonyl (C=O) groups is 2. The van der Waals surface area contributed by atoms with Crippen LogP contribution in [0.2, 0.25) is 0 Å². The second-order valence-corrected chi connectivity index (χ2v) is 5.10. The molecule has 1 amide bonds. The number of hydrogen-bond donors (Lipinski definition) is 3. The van der Waals surface area contributed by atoms with E-state index in [-0.39, 0.29) is 18.2 Å². The minimum absolute atomic E-state index is 0.0408. The van der Waals surface area contributed by atoms with E-state index in [0.717, 1.165) is 16.8 Å². The Morgan fingerprint density at radius 1 is 1.47 bits per heavy atom. The number of fused-ring (bicyclic) bond motifs is 1. The van der Waals surface area contributed by atoms with Gasteiger partial charge in [-0.25, -0.2) is 0 Å². The van der Waals surface area contributed by atoms with E-state index < -0.39 is 12.1 Å². The number of aliphatic carboxylic acids is 1. The van der Waals surface area contributed by atoms with Crippen molar-refractivity contribution in [1.29, 1.82) is 0 Å². The summed E-state index contributed by atoms with van der Waals surface area (Å²) in [5, 5.41) is 21.5. The molecule has 1 aromatic carbocycles. The van der Waals surface area contributed by atoms with Gasteiger partial charge in [0.2, 0.25) is 5.91 Å². The number of hydrogen-bond acceptors (Lipinski definition) is 3.